The van der Waals surface area contributed by atoms with Crippen LogP contribution in [0.3, 0.4) is 0 Å². The Labute approximate surface area is 84.5 Å². The Morgan fingerprint density at radius 1 is 1.46 bits per heavy atom. The number of rotatable bonds is 0. The maximum absolute atomic E-state index is 9.52. The Balaban J connectivity index is 2.90. The number of nitriles is 1. The summed E-state index contributed by atoms with van der Waals surface area (Å²) in [5.74, 6) is 0.152. The lowest BCUT2D eigenvalue weighted by molar-refractivity contribution is 0.482. The summed E-state index contributed by atoms with van der Waals surface area (Å²) < 4.78 is 0.781. The lowest BCUT2D eigenvalue weighted by Gasteiger charge is -1.95. The fraction of sp³-hybridized carbons (Fsp3) is 0. The zero-order valence-electron chi connectivity index (χ0n) is 6.48. The van der Waals surface area contributed by atoms with Gasteiger partial charge in [-0.15, -0.1) is 24.0 Å². The molecule has 64 valence electrons. The highest BCUT2D eigenvalue weighted by molar-refractivity contribution is 7.80. The van der Waals surface area contributed by atoms with E-state index < -0.39 is 0 Å². The number of thiophene rings is 1. The third-order valence-corrected chi connectivity index (χ3v) is 3.33. The summed E-state index contributed by atoms with van der Waals surface area (Å²) in [6.07, 6.45) is 0. The smallest absolute Gasteiger partial charge is 0.134 e. The molecule has 0 fully saturated rings. The largest absolute Gasteiger partial charge is 0.506 e. The number of thiol groups is 1. The van der Waals surface area contributed by atoms with Gasteiger partial charge in [0, 0.05) is 15.7 Å². The molecule has 0 unspecified atom stereocenters. The first-order chi connectivity index (χ1) is 6.22. The van der Waals surface area contributed by atoms with Crippen LogP contribution >= 0.6 is 24.0 Å². The second-order valence-electron chi connectivity index (χ2n) is 2.60. The Morgan fingerprint density at radius 3 is 2.92 bits per heavy atom. The summed E-state index contributed by atoms with van der Waals surface area (Å²) in [6, 6.07) is 5.18. The minimum Gasteiger partial charge on any atom is -0.506 e. The average molecular weight is 207 g/mol. The van der Waals surface area contributed by atoms with Crippen molar-refractivity contribution in [3.63, 3.8) is 0 Å². The van der Waals surface area contributed by atoms with Gasteiger partial charge in [-0.2, -0.15) is 5.26 Å². The molecule has 0 spiro atoms. The highest BCUT2D eigenvalue weighted by Gasteiger charge is 2.07. The number of phenolic OH excluding ortho intramolecular Hbond substituents is 1. The third kappa shape index (κ3) is 1.26. The Hall–Kier alpha value is -1.18. The van der Waals surface area contributed by atoms with E-state index in [1.54, 1.807) is 6.07 Å². The molecule has 2 rings (SSSR count). The van der Waals surface area contributed by atoms with Gasteiger partial charge in [0.15, 0.2) is 0 Å². The van der Waals surface area contributed by atoms with Gasteiger partial charge in [-0.25, -0.2) is 0 Å². The van der Waals surface area contributed by atoms with Crippen LogP contribution in [0.1, 0.15) is 5.56 Å². The molecule has 0 aliphatic carbocycles. The van der Waals surface area contributed by atoms with Gasteiger partial charge >= 0.3 is 0 Å². The Kier molecular flexibility index (Phi) is 1.91. The van der Waals surface area contributed by atoms with E-state index in [2.05, 4.69) is 12.6 Å². The van der Waals surface area contributed by atoms with Gasteiger partial charge in [-0.1, -0.05) is 0 Å². The van der Waals surface area contributed by atoms with Crippen molar-refractivity contribution < 1.29 is 5.11 Å². The minimum absolute atomic E-state index is 0.152. The highest BCUT2D eigenvalue weighted by Crippen LogP contribution is 2.35. The van der Waals surface area contributed by atoms with Gasteiger partial charge in [0.1, 0.15) is 5.75 Å². The van der Waals surface area contributed by atoms with Gasteiger partial charge in [0.05, 0.1) is 16.3 Å². The van der Waals surface area contributed by atoms with E-state index in [0.717, 1.165) is 15.0 Å². The van der Waals surface area contributed by atoms with Crippen molar-refractivity contribution in [2.24, 2.45) is 0 Å². The van der Waals surface area contributed by atoms with Crippen LogP contribution in [0, 0.1) is 11.3 Å². The molecule has 0 saturated heterocycles. The van der Waals surface area contributed by atoms with Crippen LogP contribution in [-0.4, -0.2) is 5.11 Å². The van der Waals surface area contributed by atoms with E-state index in [4.69, 9.17) is 5.26 Å². The molecule has 0 bridgehead atoms. The molecule has 2 aromatic rings. The van der Waals surface area contributed by atoms with Crippen LogP contribution in [0.2, 0.25) is 0 Å². The molecule has 0 atom stereocenters. The first kappa shape index (κ1) is 8.42. The van der Waals surface area contributed by atoms with E-state index in [1.165, 1.54) is 17.4 Å². The standard InChI is InChI=1S/C9H5NOS2/c10-3-5-1-6-8(12)4-13-9(6)7(11)2-5/h1-2,4,11-12H. The van der Waals surface area contributed by atoms with Crippen molar-refractivity contribution in [3.8, 4) is 11.8 Å². The van der Waals surface area contributed by atoms with Crippen LogP contribution in [0.25, 0.3) is 10.1 Å². The number of nitrogens with zero attached hydrogens (tertiary/aromatic N) is 1. The van der Waals surface area contributed by atoms with Crippen molar-refractivity contribution in [1.29, 1.82) is 5.26 Å². The predicted molar refractivity (Wildman–Crippen MR) is 55.5 cm³/mol. The first-order valence-corrected chi connectivity index (χ1v) is 4.88. The molecule has 1 heterocycles. The average Bonchev–Trinajstić information content (AvgIpc) is 2.48. The maximum Gasteiger partial charge on any atom is 0.134 e. The number of aromatic hydroxyl groups is 1. The topological polar surface area (TPSA) is 44.0 Å². The summed E-state index contributed by atoms with van der Waals surface area (Å²) in [4.78, 5) is 0.799. The number of hydrogen-bond donors (Lipinski definition) is 2. The molecule has 0 saturated carbocycles. The van der Waals surface area contributed by atoms with Crippen LogP contribution < -0.4 is 0 Å². The predicted octanol–water partition coefficient (Wildman–Crippen LogP) is 2.77. The number of benzene rings is 1. The molecule has 13 heavy (non-hydrogen) atoms. The van der Waals surface area contributed by atoms with Crippen LogP contribution in [0.15, 0.2) is 22.4 Å². The first-order valence-electron chi connectivity index (χ1n) is 3.55. The van der Waals surface area contributed by atoms with Gasteiger partial charge in [-0.3, -0.25) is 0 Å². The summed E-state index contributed by atoms with van der Waals surface area (Å²) >= 11 is 5.65. The lowest BCUT2D eigenvalue weighted by atomic mass is 10.2. The van der Waals surface area contributed by atoms with Crippen molar-refractivity contribution in [3.05, 3.63) is 23.1 Å². The van der Waals surface area contributed by atoms with E-state index in [-0.39, 0.29) is 5.75 Å². The van der Waals surface area contributed by atoms with E-state index in [0.29, 0.717) is 5.56 Å². The zero-order valence-corrected chi connectivity index (χ0v) is 8.19. The van der Waals surface area contributed by atoms with Crippen LogP contribution in [-0.2, 0) is 0 Å². The summed E-state index contributed by atoms with van der Waals surface area (Å²) in [5.41, 5.74) is 0.457. The number of phenols is 1. The molecule has 1 aromatic carbocycles. The number of fused-ring (bicyclic) bond motifs is 1. The van der Waals surface area contributed by atoms with E-state index >= 15 is 0 Å². The lowest BCUT2D eigenvalue weighted by Crippen LogP contribution is -1.74. The van der Waals surface area contributed by atoms with Crippen molar-refractivity contribution in [2.75, 3.05) is 0 Å². The summed E-state index contributed by atoms with van der Waals surface area (Å²) in [6.45, 7) is 0. The van der Waals surface area contributed by atoms with Gasteiger partial charge in [-0.05, 0) is 12.1 Å². The molecule has 0 radical (unpaired) electrons. The SMILES string of the molecule is N#Cc1cc(O)c2scc(S)c2c1. The van der Waals surface area contributed by atoms with Crippen LogP contribution in [0.4, 0.5) is 0 Å². The van der Waals surface area contributed by atoms with E-state index in [1.807, 2.05) is 11.4 Å². The third-order valence-electron chi connectivity index (χ3n) is 1.76. The molecule has 0 aliphatic rings. The van der Waals surface area contributed by atoms with Crippen LogP contribution in [0.5, 0.6) is 5.75 Å². The van der Waals surface area contributed by atoms with Crippen molar-refractivity contribution in [2.45, 2.75) is 4.90 Å². The van der Waals surface area contributed by atoms with Crippen molar-refractivity contribution >= 4 is 34.1 Å². The van der Waals surface area contributed by atoms with E-state index in [9.17, 15) is 5.11 Å². The quantitative estimate of drug-likeness (QED) is 0.652. The van der Waals surface area contributed by atoms with Gasteiger partial charge in [0.25, 0.3) is 0 Å². The molecule has 0 amide bonds. The van der Waals surface area contributed by atoms with Crippen molar-refractivity contribution in [1.82, 2.24) is 0 Å². The monoisotopic (exact) mass is 207 g/mol. The fourth-order valence-corrected chi connectivity index (χ4v) is 2.41. The second kappa shape index (κ2) is 2.95. The molecule has 4 heteroatoms. The second-order valence-corrected chi connectivity index (χ2v) is 3.97. The zero-order chi connectivity index (χ0) is 9.42. The maximum atomic E-state index is 9.52. The molecule has 2 nitrogen and oxygen atoms in total. The molecule has 0 aliphatic heterocycles. The van der Waals surface area contributed by atoms with Gasteiger partial charge in [0.2, 0.25) is 0 Å². The minimum atomic E-state index is 0.152. The molecular formula is C9H5NOS2. The number of hydrogen-bond acceptors (Lipinski definition) is 4. The molecule has 1 aromatic heterocycles. The Bertz CT molecular complexity index is 510. The molecule has 1 N–H and O–H groups in total. The fourth-order valence-electron chi connectivity index (χ4n) is 1.17. The summed E-state index contributed by atoms with van der Waals surface area (Å²) in [5, 5.41) is 20.9. The summed E-state index contributed by atoms with van der Waals surface area (Å²) in [7, 11) is 0. The normalized spacial score (nSPS) is 10.2. The highest BCUT2D eigenvalue weighted by atomic mass is 32.1. The van der Waals surface area contributed by atoms with Gasteiger partial charge < -0.3 is 5.11 Å². The Morgan fingerprint density at radius 2 is 2.23 bits per heavy atom. The molecular weight excluding hydrogens is 202 g/mol.